The molecule has 5 nitrogen and oxygen atoms in total. The summed E-state index contributed by atoms with van der Waals surface area (Å²) >= 11 is 0. The normalized spacial score (nSPS) is 11.0. The lowest BCUT2D eigenvalue weighted by Gasteiger charge is -2.23. The molecule has 21 heavy (non-hydrogen) atoms. The van der Waals surface area contributed by atoms with Crippen molar-refractivity contribution < 1.29 is 14.7 Å². The molecule has 0 saturated carbocycles. The number of carboxylic acids is 1. The van der Waals surface area contributed by atoms with Crippen LogP contribution in [0.25, 0.3) is 0 Å². The van der Waals surface area contributed by atoms with Gasteiger partial charge in [0.2, 0.25) is 0 Å². The summed E-state index contributed by atoms with van der Waals surface area (Å²) in [7, 11) is 0. The van der Waals surface area contributed by atoms with E-state index in [4.69, 9.17) is 5.11 Å². The number of carbonyl (C=O) groups excluding carboxylic acids is 1. The van der Waals surface area contributed by atoms with E-state index in [1.807, 2.05) is 44.2 Å². The fourth-order valence-corrected chi connectivity index (χ4v) is 1.93. The predicted molar refractivity (Wildman–Crippen MR) is 81.9 cm³/mol. The van der Waals surface area contributed by atoms with Gasteiger partial charge >= 0.3 is 12.0 Å². The molecule has 0 unspecified atom stereocenters. The first kappa shape index (κ1) is 17.0. The van der Waals surface area contributed by atoms with Gasteiger partial charge < -0.3 is 15.7 Å². The van der Waals surface area contributed by atoms with Crippen molar-refractivity contribution in [1.82, 2.24) is 10.6 Å². The Labute approximate surface area is 125 Å². The molecule has 0 saturated heterocycles. The van der Waals surface area contributed by atoms with Crippen LogP contribution in [0.5, 0.6) is 0 Å². The molecule has 0 bridgehead atoms. The number of carboxylic acid groups (broad SMARTS) is 1. The van der Waals surface area contributed by atoms with Crippen LogP contribution in [-0.4, -0.2) is 23.7 Å². The Morgan fingerprint density at radius 2 is 1.76 bits per heavy atom. The largest absolute Gasteiger partial charge is 0.481 e. The zero-order chi connectivity index (χ0) is 15.7. The molecule has 5 heteroatoms. The number of amides is 2. The van der Waals surface area contributed by atoms with Gasteiger partial charge in [0.25, 0.3) is 0 Å². The van der Waals surface area contributed by atoms with Crippen LogP contribution >= 0.6 is 0 Å². The smallest absolute Gasteiger partial charge is 0.315 e. The van der Waals surface area contributed by atoms with Crippen molar-refractivity contribution in [2.45, 2.75) is 39.7 Å². The van der Waals surface area contributed by atoms with Crippen LogP contribution in [0.3, 0.4) is 0 Å². The van der Waals surface area contributed by atoms with Gasteiger partial charge in [-0.1, -0.05) is 44.2 Å². The van der Waals surface area contributed by atoms with E-state index in [0.29, 0.717) is 19.5 Å². The highest BCUT2D eigenvalue weighted by Gasteiger charge is 2.19. The van der Waals surface area contributed by atoms with Crippen LogP contribution < -0.4 is 10.6 Å². The van der Waals surface area contributed by atoms with Gasteiger partial charge in [-0.05, 0) is 23.8 Å². The lowest BCUT2D eigenvalue weighted by molar-refractivity contribution is -0.137. The average Bonchev–Trinajstić information content (AvgIpc) is 2.44. The minimum atomic E-state index is -0.781. The quantitative estimate of drug-likeness (QED) is 0.689. The fraction of sp³-hybridized carbons (Fsp3) is 0.500. The Balaban J connectivity index is 2.19. The average molecular weight is 292 g/mol. The van der Waals surface area contributed by atoms with Crippen LogP contribution in [-0.2, 0) is 11.3 Å². The first-order chi connectivity index (χ1) is 9.89. The SMILES string of the molecule is CC(C)(CCNC(=O)NCc1ccccc1)CCC(=O)O. The zero-order valence-electron chi connectivity index (χ0n) is 12.7. The molecular formula is C16H24N2O3. The molecule has 0 spiro atoms. The molecule has 1 aromatic rings. The Morgan fingerprint density at radius 1 is 1.10 bits per heavy atom. The van der Waals surface area contributed by atoms with Crippen molar-refractivity contribution in [3.63, 3.8) is 0 Å². The van der Waals surface area contributed by atoms with Gasteiger partial charge in [0.05, 0.1) is 0 Å². The Hall–Kier alpha value is -2.04. The van der Waals surface area contributed by atoms with E-state index in [2.05, 4.69) is 10.6 Å². The molecule has 116 valence electrons. The third-order valence-electron chi connectivity index (χ3n) is 3.40. The number of hydrogen-bond donors (Lipinski definition) is 3. The van der Waals surface area contributed by atoms with Crippen molar-refractivity contribution in [3.05, 3.63) is 35.9 Å². The van der Waals surface area contributed by atoms with Gasteiger partial charge in [0.15, 0.2) is 0 Å². The van der Waals surface area contributed by atoms with E-state index in [-0.39, 0.29) is 17.9 Å². The van der Waals surface area contributed by atoms with Crippen molar-refractivity contribution >= 4 is 12.0 Å². The minimum Gasteiger partial charge on any atom is -0.481 e. The maximum absolute atomic E-state index is 11.7. The highest BCUT2D eigenvalue weighted by Crippen LogP contribution is 2.25. The summed E-state index contributed by atoms with van der Waals surface area (Å²) in [5, 5.41) is 14.3. The molecule has 0 radical (unpaired) electrons. The van der Waals surface area contributed by atoms with Gasteiger partial charge in [0, 0.05) is 19.5 Å². The summed E-state index contributed by atoms with van der Waals surface area (Å²) in [4.78, 5) is 22.2. The van der Waals surface area contributed by atoms with Crippen molar-refractivity contribution in [2.75, 3.05) is 6.54 Å². The number of rotatable bonds is 8. The van der Waals surface area contributed by atoms with Crippen LogP contribution in [0.15, 0.2) is 30.3 Å². The standard InChI is InChI=1S/C16H24N2O3/c1-16(2,9-8-14(19)20)10-11-17-15(21)18-12-13-6-4-3-5-7-13/h3-7H,8-12H2,1-2H3,(H,19,20)(H2,17,18,21). The molecule has 0 fully saturated rings. The summed E-state index contributed by atoms with van der Waals surface area (Å²) in [6.07, 6.45) is 1.52. The zero-order valence-corrected chi connectivity index (χ0v) is 12.7. The molecule has 1 rings (SSSR count). The van der Waals surface area contributed by atoms with Gasteiger partial charge in [-0.2, -0.15) is 0 Å². The van der Waals surface area contributed by atoms with Crippen molar-refractivity contribution in [1.29, 1.82) is 0 Å². The molecule has 3 N–H and O–H groups in total. The molecule has 0 aliphatic carbocycles. The third-order valence-corrected chi connectivity index (χ3v) is 3.40. The highest BCUT2D eigenvalue weighted by molar-refractivity contribution is 5.73. The van der Waals surface area contributed by atoms with E-state index < -0.39 is 5.97 Å². The molecule has 0 aliphatic heterocycles. The molecule has 0 aliphatic rings. The lowest BCUT2D eigenvalue weighted by Crippen LogP contribution is -2.36. The van der Waals surface area contributed by atoms with E-state index >= 15 is 0 Å². The topological polar surface area (TPSA) is 78.4 Å². The second-order valence-electron chi connectivity index (χ2n) is 5.90. The fourth-order valence-electron chi connectivity index (χ4n) is 1.93. The number of aliphatic carboxylic acids is 1. The first-order valence-corrected chi connectivity index (χ1v) is 7.16. The first-order valence-electron chi connectivity index (χ1n) is 7.16. The van der Waals surface area contributed by atoms with Crippen molar-refractivity contribution in [3.8, 4) is 0 Å². The summed E-state index contributed by atoms with van der Waals surface area (Å²) < 4.78 is 0. The molecule has 2 amide bonds. The highest BCUT2D eigenvalue weighted by atomic mass is 16.4. The summed E-state index contributed by atoms with van der Waals surface area (Å²) in [6.45, 7) is 5.06. The Kier molecular flexibility index (Phi) is 6.72. The number of carbonyl (C=O) groups is 2. The minimum absolute atomic E-state index is 0.0922. The number of nitrogens with one attached hydrogen (secondary N) is 2. The molecule has 1 aromatic carbocycles. The lowest BCUT2D eigenvalue weighted by atomic mass is 9.84. The van der Waals surface area contributed by atoms with E-state index in [1.165, 1.54) is 0 Å². The molecule has 0 heterocycles. The van der Waals surface area contributed by atoms with Gasteiger partial charge in [0.1, 0.15) is 0 Å². The maximum Gasteiger partial charge on any atom is 0.315 e. The monoisotopic (exact) mass is 292 g/mol. The van der Waals surface area contributed by atoms with E-state index in [9.17, 15) is 9.59 Å². The summed E-state index contributed by atoms with van der Waals surface area (Å²) in [5.74, 6) is -0.781. The second kappa shape index (κ2) is 8.29. The number of hydrogen-bond acceptors (Lipinski definition) is 2. The molecular weight excluding hydrogens is 268 g/mol. The van der Waals surface area contributed by atoms with Crippen LogP contribution in [0.1, 0.15) is 38.7 Å². The molecule has 0 aromatic heterocycles. The third kappa shape index (κ3) is 7.97. The van der Waals surface area contributed by atoms with Crippen LogP contribution in [0.4, 0.5) is 4.79 Å². The Bertz CT molecular complexity index is 458. The second-order valence-corrected chi connectivity index (χ2v) is 5.90. The van der Waals surface area contributed by atoms with Gasteiger partial charge in [-0.25, -0.2) is 4.79 Å². The van der Waals surface area contributed by atoms with E-state index in [0.717, 1.165) is 12.0 Å². The van der Waals surface area contributed by atoms with Gasteiger partial charge in [-0.3, -0.25) is 4.79 Å². The number of urea groups is 1. The van der Waals surface area contributed by atoms with Crippen molar-refractivity contribution in [2.24, 2.45) is 5.41 Å². The van der Waals surface area contributed by atoms with Gasteiger partial charge in [-0.15, -0.1) is 0 Å². The van der Waals surface area contributed by atoms with Crippen LogP contribution in [0.2, 0.25) is 0 Å². The molecule has 0 atom stereocenters. The predicted octanol–water partition coefficient (Wildman–Crippen LogP) is 2.77. The number of benzene rings is 1. The Morgan fingerprint density at radius 3 is 2.38 bits per heavy atom. The van der Waals surface area contributed by atoms with E-state index in [1.54, 1.807) is 0 Å². The summed E-state index contributed by atoms with van der Waals surface area (Å²) in [5.41, 5.74) is 0.958. The maximum atomic E-state index is 11.7. The van der Waals surface area contributed by atoms with Crippen LogP contribution in [0, 0.1) is 5.41 Å². The summed E-state index contributed by atoms with van der Waals surface area (Å²) in [6, 6.07) is 9.50.